The Labute approximate surface area is 197 Å². The van der Waals surface area contributed by atoms with Gasteiger partial charge in [-0.05, 0) is 45.7 Å². The number of piperidine rings is 1. The highest BCUT2D eigenvalue weighted by Crippen LogP contribution is 2.29. The second-order valence-electron chi connectivity index (χ2n) is 10.8. The first-order valence-electron chi connectivity index (χ1n) is 11.8. The lowest BCUT2D eigenvalue weighted by Crippen LogP contribution is -2.44. The second-order valence-corrected chi connectivity index (χ2v) is 10.8. The number of carbonyl (C=O) groups is 2. The Morgan fingerprint density at radius 1 is 1.12 bits per heavy atom. The maximum atomic E-state index is 13.2. The first kappa shape index (κ1) is 24.8. The van der Waals surface area contributed by atoms with E-state index in [0.717, 1.165) is 24.3 Å². The van der Waals surface area contributed by atoms with Gasteiger partial charge in [0.05, 0.1) is 30.2 Å². The number of carbonyl (C=O) groups excluding carboxylic acids is 2. The monoisotopic (exact) mass is 454 g/mol. The van der Waals surface area contributed by atoms with E-state index in [0.29, 0.717) is 31.9 Å². The van der Waals surface area contributed by atoms with Crippen molar-refractivity contribution in [2.75, 3.05) is 25.0 Å². The quantitative estimate of drug-likeness (QED) is 0.693. The maximum absolute atomic E-state index is 13.2. The summed E-state index contributed by atoms with van der Waals surface area (Å²) >= 11 is 0. The summed E-state index contributed by atoms with van der Waals surface area (Å²) in [6.45, 7) is 14.0. The summed E-state index contributed by atoms with van der Waals surface area (Å²) in [5.74, 6) is 1.19. The molecule has 7 nitrogen and oxygen atoms in total. The van der Waals surface area contributed by atoms with Crippen LogP contribution in [-0.4, -0.2) is 46.2 Å². The van der Waals surface area contributed by atoms with Gasteiger partial charge in [-0.3, -0.25) is 9.59 Å². The number of ether oxygens (including phenoxy) is 1. The topological polar surface area (TPSA) is 76.5 Å². The molecule has 1 aliphatic heterocycles. The fourth-order valence-corrected chi connectivity index (χ4v) is 3.92. The maximum Gasteiger partial charge on any atom is 0.230 e. The van der Waals surface area contributed by atoms with E-state index in [1.54, 1.807) is 4.90 Å². The summed E-state index contributed by atoms with van der Waals surface area (Å²) in [5, 5.41) is 7.88. The largest absolute Gasteiger partial charge is 0.493 e. The number of benzene rings is 1. The van der Waals surface area contributed by atoms with Crippen molar-refractivity contribution in [2.45, 2.75) is 71.8 Å². The molecule has 1 aromatic heterocycles. The molecule has 1 unspecified atom stereocenters. The molecule has 2 aromatic rings. The van der Waals surface area contributed by atoms with Gasteiger partial charge >= 0.3 is 0 Å². The fourth-order valence-electron chi connectivity index (χ4n) is 3.92. The number of aromatic nitrogens is 2. The molecular weight excluding hydrogens is 416 g/mol. The summed E-state index contributed by atoms with van der Waals surface area (Å²) in [4.78, 5) is 27.7. The minimum absolute atomic E-state index is 0.0261. The SMILES string of the molecule is CC(C)(C)c1cc(NC(=O)C2CCCN(C(=O)CCOc3ccccc3)C2)n(C(C)(C)C)n1. The predicted molar refractivity (Wildman–Crippen MR) is 130 cm³/mol. The van der Waals surface area contributed by atoms with Crippen molar-refractivity contribution in [3.63, 3.8) is 0 Å². The van der Waals surface area contributed by atoms with Crippen LogP contribution in [0.1, 0.15) is 66.5 Å². The van der Waals surface area contributed by atoms with Crippen molar-refractivity contribution in [1.29, 1.82) is 0 Å². The van der Waals surface area contributed by atoms with E-state index in [2.05, 4.69) is 46.9 Å². The van der Waals surface area contributed by atoms with E-state index < -0.39 is 0 Å². The van der Waals surface area contributed by atoms with Crippen LogP contribution in [0.3, 0.4) is 0 Å². The molecule has 1 atom stereocenters. The fraction of sp³-hybridized carbons (Fsp3) is 0.577. The summed E-state index contributed by atoms with van der Waals surface area (Å²) in [6, 6.07) is 11.4. The van der Waals surface area contributed by atoms with Crippen LogP contribution in [0.4, 0.5) is 5.82 Å². The molecule has 1 saturated heterocycles. The van der Waals surface area contributed by atoms with Gasteiger partial charge in [0.2, 0.25) is 11.8 Å². The van der Waals surface area contributed by atoms with Crippen molar-refractivity contribution in [3.05, 3.63) is 42.1 Å². The Bertz CT molecular complexity index is 954. The van der Waals surface area contributed by atoms with Gasteiger partial charge in [0.1, 0.15) is 11.6 Å². The Morgan fingerprint density at radius 2 is 1.82 bits per heavy atom. The van der Waals surface area contributed by atoms with Gasteiger partial charge in [-0.15, -0.1) is 0 Å². The standard InChI is InChI=1S/C26H38N4O3/c1-25(2,3)21-17-22(30(28-21)26(4,5)6)27-24(32)19-11-10-15-29(18-19)23(31)14-16-33-20-12-8-7-9-13-20/h7-9,12-13,17,19H,10-11,14-16,18H2,1-6H3,(H,27,32). The van der Waals surface area contributed by atoms with Crippen molar-refractivity contribution in [2.24, 2.45) is 5.92 Å². The molecule has 0 radical (unpaired) electrons. The molecule has 180 valence electrons. The van der Waals surface area contributed by atoms with Crippen LogP contribution in [0.25, 0.3) is 0 Å². The smallest absolute Gasteiger partial charge is 0.230 e. The number of likely N-dealkylation sites (tertiary alicyclic amines) is 1. The number of rotatable bonds is 6. The van der Waals surface area contributed by atoms with Gasteiger partial charge in [-0.1, -0.05) is 39.0 Å². The highest BCUT2D eigenvalue weighted by atomic mass is 16.5. The van der Waals surface area contributed by atoms with Crippen LogP contribution >= 0.6 is 0 Å². The van der Waals surface area contributed by atoms with Crippen molar-refractivity contribution < 1.29 is 14.3 Å². The molecule has 33 heavy (non-hydrogen) atoms. The van der Waals surface area contributed by atoms with E-state index in [1.165, 1.54) is 0 Å². The van der Waals surface area contributed by atoms with E-state index in [9.17, 15) is 9.59 Å². The molecule has 0 saturated carbocycles. The third-order valence-electron chi connectivity index (χ3n) is 5.84. The van der Waals surface area contributed by atoms with E-state index in [1.807, 2.05) is 41.1 Å². The molecule has 1 aliphatic rings. The zero-order chi connectivity index (χ0) is 24.2. The van der Waals surface area contributed by atoms with Gasteiger partial charge in [0.25, 0.3) is 0 Å². The van der Waals surface area contributed by atoms with E-state index >= 15 is 0 Å². The number of nitrogens with zero attached hydrogens (tertiary/aromatic N) is 3. The summed E-state index contributed by atoms with van der Waals surface area (Å²) < 4.78 is 7.55. The molecule has 2 amide bonds. The highest BCUT2D eigenvalue weighted by Gasteiger charge is 2.31. The average molecular weight is 455 g/mol. The van der Waals surface area contributed by atoms with Crippen molar-refractivity contribution in [3.8, 4) is 5.75 Å². The van der Waals surface area contributed by atoms with Crippen molar-refractivity contribution in [1.82, 2.24) is 14.7 Å². The molecular formula is C26H38N4O3. The number of hydrogen-bond acceptors (Lipinski definition) is 4. The first-order chi connectivity index (χ1) is 15.4. The molecule has 1 fully saturated rings. The van der Waals surface area contributed by atoms with Gasteiger partial charge in [0, 0.05) is 24.6 Å². The van der Waals surface area contributed by atoms with Gasteiger partial charge < -0.3 is 15.0 Å². The molecule has 1 N–H and O–H groups in total. The molecule has 0 bridgehead atoms. The molecule has 0 spiro atoms. The van der Waals surface area contributed by atoms with Crippen LogP contribution < -0.4 is 10.1 Å². The average Bonchev–Trinajstić information content (AvgIpc) is 3.19. The number of amides is 2. The third-order valence-corrected chi connectivity index (χ3v) is 5.84. The van der Waals surface area contributed by atoms with Crippen LogP contribution in [0, 0.1) is 5.92 Å². The van der Waals surface area contributed by atoms with Crippen LogP contribution in [0.15, 0.2) is 36.4 Å². The predicted octanol–water partition coefficient (Wildman–Crippen LogP) is 4.58. The number of para-hydroxylation sites is 1. The second kappa shape index (κ2) is 9.98. The molecule has 3 rings (SSSR count). The minimum Gasteiger partial charge on any atom is -0.493 e. The van der Waals surface area contributed by atoms with E-state index in [-0.39, 0.29) is 28.7 Å². The van der Waals surface area contributed by atoms with Crippen LogP contribution in [0.2, 0.25) is 0 Å². The zero-order valence-corrected chi connectivity index (χ0v) is 20.9. The third kappa shape index (κ3) is 6.59. The molecule has 1 aromatic carbocycles. The highest BCUT2D eigenvalue weighted by molar-refractivity contribution is 5.92. The van der Waals surface area contributed by atoms with Gasteiger partial charge in [0.15, 0.2) is 0 Å². The normalized spacial score (nSPS) is 17.0. The van der Waals surface area contributed by atoms with Crippen LogP contribution in [-0.2, 0) is 20.5 Å². The van der Waals surface area contributed by atoms with Crippen LogP contribution in [0.5, 0.6) is 5.75 Å². The number of hydrogen-bond donors (Lipinski definition) is 1. The molecule has 7 heteroatoms. The minimum atomic E-state index is -0.264. The Kier molecular flexibility index (Phi) is 7.50. The Hall–Kier alpha value is -2.83. The zero-order valence-electron chi connectivity index (χ0n) is 20.9. The van der Waals surface area contributed by atoms with Gasteiger partial charge in [-0.2, -0.15) is 5.10 Å². The molecule has 2 heterocycles. The van der Waals surface area contributed by atoms with Crippen molar-refractivity contribution >= 4 is 17.6 Å². The summed E-state index contributed by atoms with van der Waals surface area (Å²) in [5.41, 5.74) is 0.553. The molecule has 0 aliphatic carbocycles. The lowest BCUT2D eigenvalue weighted by molar-refractivity contribution is -0.135. The summed E-state index contributed by atoms with van der Waals surface area (Å²) in [6.07, 6.45) is 1.88. The number of anilines is 1. The lowest BCUT2D eigenvalue weighted by atomic mass is 9.92. The van der Waals surface area contributed by atoms with E-state index in [4.69, 9.17) is 9.84 Å². The van der Waals surface area contributed by atoms with Gasteiger partial charge in [-0.25, -0.2) is 4.68 Å². The Morgan fingerprint density at radius 3 is 2.45 bits per heavy atom. The first-order valence-corrected chi connectivity index (χ1v) is 11.8. The summed E-state index contributed by atoms with van der Waals surface area (Å²) in [7, 11) is 0. The lowest BCUT2D eigenvalue weighted by Gasteiger charge is -2.32. The Balaban J connectivity index is 1.60. The number of nitrogens with one attached hydrogen (secondary N) is 1.